The van der Waals surface area contributed by atoms with Crippen LogP contribution in [0, 0.1) is 12.8 Å². The molecule has 4 nitrogen and oxygen atoms in total. The van der Waals surface area contributed by atoms with Crippen LogP contribution in [0.5, 0.6) is 5.75 Å². The predicted octanol–water partition coefficient (Wildman–Crippen LogP) is 2.59. The topological polar surface area (TPSA) is 50.7 Å². The third-order valence-electron chi connectivity index (χ3n) is 4.40. The van der Waals surface area contributed by atoms with Crippen LogP contribution >= 0.6 is 0 Å². The number of ether oxygens (including phenoxy) is 2. The lowest BCUT2D eigenvalue weighted by atomic mass is 10.00. The van der Waals surface area contributed by atoms with E-state index in [-0.39, 0.29) is 6.04 Å². The Bertz CT molecular complexity index is 487. The van der Waals surface area contributed by atoms with Crippen LogP contribution in [0.1, 0.15) is 42.9 Å². The highest BCUT2D eigenvalue weighted by Gasteiger charge is 2.22. The van der Waals surface area contributed by atoms with Crippen molar-refractivity contribution in [3.63, 3.8) is 0 Å². The molecule has 1 fully saturated rings. The van der Waals surface area contributed by atoms with E-state index in [9.17, 15) is 5.11 Å². The summed E-state index contributed by atoms with van der Waals surface area (Å²) in [5, 5.41) is 13.6. The first kappa shape index (κ1) is 15.8. The molecule has 1 aromatic rings. The average Bonchev–Trinajstić information content (AvgIpc) is 3.32. The molecule has 0 spiro atoms. The van der Waals surface area contributed by atoms with Crippen LogP contribution in [0.2, 0.25) is 0 Å². The smallest absolute Gasteiger partial charge is 0.124 e. The van der Waals surface area contributed by atoms with Gasteiger partial charge in [-0.05, 0) is 44.6 Å². The Morgan fingerprint density at radius 1 is 1.36 bits per heavy atom. The van der Waals surface area contributed by atoms with Crippen LogP contribution in [0.15, 0.2) is 18.2 Å². The quantitative estimate of drug-likeness (QED) is 0.813. The zero-order chi connectivity index (χ0) is 15.4. The van der Waals surface area contributed by atoms with E-state index < -0.39 is 6.10 Å². The zero-order valence-corrected chi connectivity index (χ0v) is 13.4. The van der Waals surface area contributed by atoms with E-state index in [2.05, 4.69) is 30.4 Å². The number of hydrogen-bond donors (Lipinski definition) is 2. The maximum atomic E-state index is 10.1. The molecule has 22 heavy (non-hydrogen) atoms. The number of fused-ring (bicyclic) bond motifs is 1. The minimum absolute atomic E-state index is 0.246. The number of aliphatic hydroxyl groups excluding tert-OH is 1. The van der Waals surface area contributed by atoms with Crippen molar-refractivity contribution in [2.45, 2.75) is 44.8 Å². The van der Waals surface area contributed by atoms with Crippen LogP contribution < -0.4 is 10.1 Å². The fourth-order valence-electron chi connectivity index (χ4n) is 2.90. The Morgan fingerprint density at radius 2 is 2.23 bits per heavy atom. The Labute approximate surface area is 132 Å². The molecule has 1 aliphatic carbocycles. The Kier molecular flexibility index (Phi) is 5.34. The van der Waals surface area contributed by atoms with Crippen LogP contribution in [0.25, 0.3) is 0 Å². The molecule has 2 atom stereocenters. The summed E-state index contributed by atoms with van der Waals surface area (Å²) in [5.41, 5.74) is 2.45. The van der Waals surface area contributed by atoms with Crippen molar-refractivity contribution < 1.29 is 14.6 Å². The molecule has 2 aliphatic rings. The van der Waals surface area contributed by atoms with Crippen molar-refractivity contribution >= 4 is 0 Å². The molecule has 1 aliphatic heterocycles. The van der Waals surface area contributed by atoms with Crippen molar-refractivity contribution in [2.24, 2.45) is 5.92 Å². The highest BCUT2D eigenvalue weighted by atomic mass is 16.5. The summed E-state index contributed by atoms with van der Waals surface area (Å²) in [4.78, 5) is 0. The minimum atomic E-state index is -0.448. The molecule has 1 heterocycles. The summed E-state index contributed by atoms with van der Waals surface area (Å²) in [6.45, 7) is 4.65. The lowest BCUT2D eigenvalue weighted by Crippen LogP contribution is -2.33. The van der Waals surface area contributed by atoms with Gasteiger partial charge in [-0.15, -0.1) is 0 Å². The number of aliphatic hydroxyl groups is 1. The molecule has 1 saturated carbocycles. The van der Waals surface area contributed by atoms with Crippen LogP contribution in [-0.4, -0.2) is 37.6 Å². The largest absolute Gasteiger partial charge is 0.493 e. The minimum Gasteiger partial charge on any atom is -0.493 e. The third kappa shape index (κ3) is 4.45. The molecule has 4 heteroatoms. The molecule has 2 N–H and O–H groups in total. The van der Waals surface area contributed by atoms with E-state index in [1.807, 2.05) is 0 Å². The van der Waals surface area contributed by atoms with Gasteiger partial charge >= 0.3 is 0 Å². The molecule has 0 amide bonds. The summed E-state index contributed by atoms with van der Waals surface area (Å²) in [6.07, 6.45) is 4.18. The van der Waals surface area contributed by atoms with E-state index in [1.54, 1.807) is 0 Å². The molecular formula is C18H27NO3. The predicted molar refractivity (Wildman–Crippen MR) is 86.2 cm³/mol. The number of rotatable bonds is 7. The maximum absolute atomic E-state index is 10.1. The first-order valence-electron chi connectivity index (χ1n) is 8.45. The van der Waals surface area contributed by atoms with Gasteiger partial charge in [0.05, 0.1) is 19.3 Å². The molecule has 0 radical (unpaired) electrons. The highest BCUT2D eigenvalue weighted by molar-refractivity contribution is 5.39. The van der Waals surface area contributed by atoms with Gasteiger partial charge in [0.1, 0.15) is 5.75 Å². The van der Waals surface area contributed by atoms with E-state index >= 15 is 0 Å². The number of aryl methyl sites for hydroxylation is 1. The monoisotopic (exact) mass is 305 g/mol. The number of nitrogens with one attached hydrogen (secondary N) is 1. The van der Waals surface area contributed by atoms with E-state index in [0.717, 1.165) is 37.7 Å². The highest BCUT2D eigenvalue weighted by Crippen LogP contribution is 2.32. The summed E-state index contributed by atoms with van der Waals surface area (Å²) in [7, 11) is 0. The molecule has 3 rings (SSSR count). The van der Waals surface area contributed by atoms with Crippen molar-refractivity contribution in [2.75, 3.05) is 26.4 Å². The lowest BCUT2D eigenvalue weighted by Gasteiger charge is -2.21. The Morgan fingerprint density at radius 3 is 3.05 bits per heavy atom. The van der Waals surface area contributed by atoms with Crippen LogP contribution in [0.3, 0.4) is 0 Å². The molecular weight excluding hydrogens is 278 g/mol. The van der Waals surface area contributed by atoms with Gasteiger partial charge in [-0.2, -0.15) is 0 Å². The Hall–Kier alpha value is -1.10. The van der Waals surface area contributed by atoms with Gasteiger partial charge in [-0.3, -0.25) is 0 Å². The summed E-state index contributed by atoms with van der Waals surface area (Å²) < 4.78 is 11.4. The third-order valence-corrected chi connectivity index (χ3v) is 4.40. The summed E-state index contributed by atoms with van der Waals surface area (Å²) in [6, 6.07) is 6.58. The zero-order valence-electron chi connectivity index (χ0n) is 13.4. The summed E-state index contributed by atoms with van der Waals surface area (Å²) >= 11 is 0. The van der Waals surface area contributed by atoms with Gasteiger partial charge in [0.2, 0.25) is 0 Å². The number of hydrogen-bond acceptors (Lipinski definition) is 4. The van der Waals surface area contributed by atoms with Gasteiger partial charge in [-0.1, -0.05) is 17.7 Å². The second-order valence-corrected chi connectivity index (χ2v) is 6.63. The first-order valence-corrected chi connectivity index (χ1v) is 8.45. The van der Waals surface area contributed by atoms with Crippen molar-refractivity contribution in [3.8, 4) is 5.75 Å². The van der Waals surface area contributed by atoms with Crippen LogP contribution in [0.4, 0.5) is 0 Å². The standard InChI is InChI=1S/C18H27NO3/c1-13-4-7-18-16(9-13)17(3-2-8-22-18)19-10-15(20)12-21-11-14-5-6-14/h4,7,9,14-15,17,19-20H,2-3,5-6,8,10-12H2,1H3. The van der Waals surface area contributed by atoms with Gasteiger partial charge in [0, 0.05) is 24.8 Å². The molecule has 0 aromatic heterocycles. The van der Waals surface area contributed by atoms with Crippen molar-refractivity contribution in [3.05, 3.63) is 29.3 Å². The molecule has 2 unspecified atom stereocenters. The summed E-state index contributed by atoms with van der Waals surface area (Å²) in [5.74, 6) is 1.72. The fourth-order valence-corrected chi connectivity index (χ4v) is 2.90. The van der Waals surface area contributed by atoms with E-state index in [0.29, 0.717) is 13.2 Å². The first-order chi connectivity index (χ1) is 10.7. The Balaban J connectivity index is 1.51. The second kappa shape index (κ2) is 7.44. The molecule has 0 bridgehead atoms. The second-order valence-electron chi connectivity index (χ2n) is 6.63. The van der Waals surface area contributed by atoms with E-state index in [1.165, 1.54) is 24.0 Å². The SMILES string of the molecule is Cc1ccc2c(c1)C(NCC(O)COCC1CC1)CCCO2. The van der Waals surface area contributed by atoms with Crippen LogP contribution in [-0.2, 0) is 4.74 Å². The maximum Gasteiger partial charge on any atom is 0.124 e. The fraction of sp³-hybridized carbons (Fsp3) is 0.667. The van der Waals surface area contributed by atoms with Crippen molar-refractivity contribution in [1.82, 2.24) is 5.32 Å². The average molecular weight is 305 g/mol. The number of benzene rings is 1. The normalized spacial score (nSPS) is 22.5. The van der Waals surface area contributed by atoms with Gasteiger partial charge in [0.25, 0.3) is 0 Å². The molecule has 1 aromatic carbocycles. The molecule has 122 valence electrons. The van der Waals surface area contributed by atoms with E-state index in [4.69, 9.17) is 9.47 Å². The van der Waals surface area contributed by atoms with Crippen molar-refractivity contribution in [1.29, 1.82) is 0 Å². The van der Waals surface area contributed by atoms with Gasteiger partial charge < -0.3 is 19.9 Å². The lowest BCUT2D eigenvalue weighted by molar-refractivity contribution is 0.0311. The van der Waals surface area contributed by atoms with Gasteiger partial charge in [-0.25, -0.2) is 0 Å². The molecule has 0 saturated heterocycles. The van der Waals surface area contributed by atoms with Gasteiger partial charge in [0.15, 0.2) is 0 Å².